The summed E-state index contributed by atoms with van der Waals surface area (Å²) in [6.45, 7) is 0.375. The van der Waals surface area contributed by atoms with Crippen molar-refractivity contribution in [1.29, 1.82) is 0 Å². The minimum Gasteiger partial charge on any atom is -0.496 e. The molecule has 0 radical (unpaired) electrons. The Morgan fingerprint density at radius 3 is 2.47 bits per heavy atom. The van der Waals surface area contributed by atoms with E-state index >= 15 is 0 Å². The lowest BCUT2D eigenvalue weighted by molar-refractivity contribution is -0.131. The first-order chi connectivity index (χ1) is 17.5. The Bertz CT molecular complexity index is 1390. The molecule has 0 bridgehead atoms. The van der Waals surface area contributed by atoms with Crippen LogP contribution in [0.3, 0.4) is 0 Å². The predicted octanol–water partition coefficient (Wildman–Crippen LogP) is 6.20. The third-order valence-electron chi connectivity index (χ3n) is 4.93. The van der Waals surface area contributed by atoms with Gasteiger partial charge < -0.3 is 23.7 Å². The fraction of sp³-hybridized carbons (Fsp3) is 0.115. The molecule has 4 rings (SSSR count). The lowest BCUT2D eigenvalue weighted by Crippen LogP contribution is -1.99. The smallest absolute Gasteiger partial charge is 0.342 e. The summed E-state index contributed by atoms with van der Waals surface area (Å²) >= 11 is 6.90. The summed E-state index contributed by atoms with van der Waals surface area (Å²) in [6.07, 6.45) is 1.49. The molecule has 8 nitrogen and oxygen atoms in total. The van der Waals surface area contributed by atoms with Crippen LogP contribution in [-0.2, 0) is 11.4 Å². The number of hydrogen-bond donors (Lipinski definition) is 1. The molecule has 0 unspecified atom stereocenters. The summed E-state index contributed by atoms with van der Waals surface area (Å²) in [5.41, 5.74) is 2.11. The second-order valence-corrected chi connectivity index (χ2v) is 8.75. The summed E-state index contributed by atoms with van der Waals surface area (Å²) in [4.78, 5) is 11.9. The molecule has 184 valence electrons. The third kappa shape index (κ3) is 6.18. The van der Waals surface area contributed by atoms with Crippen molar-refractivity contribution in [3.63, 3.8) is 0 Å². The number of halogens is 1. The minimum absolute atomic E-state index is 0.0248. The zero-order valence-electron chi connectivity index (χ0n) is 19.3. The lowest BCUT2D eigenvalue weighted by atomic mass is 10.2. The Labute approximate surface area is 216 Å². The molecule has 0 fully saturated rings. The van der Waals surface area contributed by atoms with Gasteiger partial charge in [-0.25, -0.2) is 4.79 Å². The normalized spacial score (nSPS) is 11.2. The molecule has 4 aromatic rings. The van der Waals surface area contributed by atoms with E-state index in [9.17, 15) is 9.90 Å². The Hall–Kier alpha value is -3.95. The van der Waals surface area contributed by atoms with E-state index in [-0.39, 0.29) is 16.0 Å². The highest BCUT2D eigenvalue weighted by Gasteiger charge is 2.19. The number of aliphatic carboxylic acids is 1. The Kier molecular flexibility index (Phi) is 8.14. The van der Waals surface area contributed by atoms with Gasteiger partial charge in [-0.05, 0) is 59.3 Å². The van der Waals surface area contributed by atoms with E-state index in [1.165, 1.54) is 20.3 Å². The van der Waals surface area contributed by atoms with Crippen LogP contribution in [0.2, 0.25) is 5.02 Å². The van der Waals surface area contributed by atoms with Crippen molar-refractivity contribution < 1.29 is 28.5 Å². The quantitative estimate of drug-likeness (QED) is 0.191. The van der Waals surface area contributed by atoms with Crippen LogP contribution in [0.4, 0.5) is 0 Å². The zero-order valence-corrected chi connectivity index (χ0v) is 20.9. The minimum atomic E-state index is -1.15. The SMILES string of the molecule is COc1cc(/C=C(\Sc2nnc(-c3cc(Cl)ccc3OC)o2)C(=O)O)ccc1OCc1ccccc1. The first-order valence-electron chi connectivity index (χ1n) is 10.6. The van der Waals surface area contributed by atoms with Gasteiger partial charge in [0, 0.05) is 5.02 Å². The van der Waals surface area contributed by atoms with Gasteiger partial charge >= 0.3 is 5.97 Å². The number of benzene rings is 3. The highest BCUT2D eigenvalue weighted by Crippen LogP contribution is 2.36. The molecule has 1 aromatic heterocycles. The fourth-order valence-electron chi connectivity index (χ4n) is 3.22. The van der Waals surface area contributed by atoms with Gasteiger partial charge in [0.15, 0.2) is 11.5 Å². The maximum atomic E-state index is 11.9. The Balaban J connectivity index is 1.54. The van der Waals surface area contributed by atoms with Gasteiger partial charge in [-0.3, -0.25) is 0 Å². The molecule has 3 aromatic carbocycles. The van der Waals surface area contributed by atoms with Gasteiger partial charge in [-0.2, -0.15) is 0 Å². The van der Waals surface area contributed by atoms with Gasteiger partial charge in [0.05, 0.1) is 19.8 Å². The van der Waals surface area contributed by atoms with Crippen LogP contribution in [0.15, 0.2) is 81.3 Å². The topological polar surface area (TPSA) is 104 Å². The van der Waals surface area contributed by atoms with E-state index in [0.29, 0.717) is 40.0 Å². The van der Waals surface area contributed by atoms with Crippen molar-refractivity contribution in [2.75, 3.05) is 14.2 Å². The highest BCUT2D eigenvalue weighted by molar-refractivity contribution is 8.03. The maximum Gasteiger partial charge on any atom is 0.342 e. The molecular weight excluding hydrogens is 504 g/mol. The van der Waals surface area contributed by atoms with Crippen molar-refractivity contribution >= 4 is 35.4 Å². The molecule has 1 heterocycles. The zero-order chi connectivity index (χ0) is 25.5. The van der Waals surface area contributed by atoms with Gasteiger partial charge in [0.25, 0.3) is 11.1 Å². The van der Waals surface area contributed by atoms with Crippen LogP contribution in [0, 0.1) is 0 Å². The van der Waals surface area contributed by atoms with Crippen LogP contribution in [0.25, 0.3) is 17.5 Å². The predicted molar refractivity (Wildman–Crippen MR) is 137 cm³/mol. The largest absolute Gasteiger partial charge is 0.496 e. The summed E-state index contributed by atoms with van der Waals surface area (Å²) < 4.78 is 22.3. The van der Waals surface area contributed by atoms with Crippen molar-refractivity contribution in [3.8, 4) is 28.7 Å². The number of thioether (sulfide) groups is 1. The second kappa shape index (κ2) is 11.7. The average molecular weight is 525 g/mol. The van der Waals surface area contributed by atoms with E-state index in [1.807, 2.05) is 30.3 Å². The molecular formula is C26H21ClN2O6S. The average Bonchev–Trinajstić information content (AvgIpc) is 3.36. The molecule has 0 aliphatic rings. The summed E-state index contributed by atoms with van der Waals surface area (Å²) in [5, 5.41) is 18.2. The van der Waals surface area contributed by atoms with Crippen LogP contribution >= 0.6 is 23.4 Å². The van der Waals surface area contributed by atoms with Crippen LogP contribution < -0.4 is 14.2 Å². The molecule has 0 spiro atoms. The molecule has 1 N–H and O–H groups in total. The number of aromatic nitrogens is 2. The van der Waals surface area contributed by atoms with Gasteiger partial charge in [-0.15, -0.1) is 10.2 Å². The Morgan fingerprint density at radius 2 is 1.75 bits per heavy atom. The van der Waals surface area contributed by atoms with Crippen molar-refractivity contribution in [2.24, 2.45) is 0 Å². The van der Waals surface area contributed by atoms with Crippen molar-refractivity contribution in [1.82, 2.24) is 10.2 Å². The van der Waals surface area contributed by atoms with Crippen LogP contribution in [-0.4, -0.2) is 35.5 Å². The third-order valence-corrected chi connectivity index (χ3v) is 6.02. The number of methoxy groups -OCH3 is 2. The summed E-state index contributed by atoms with van der Waals surface area (Å²) in [6, 6.07) is 19.9. The molecule has 0 amide bonds. The van der Waals surface area contributed by atoms with Crippen molar-refractivity contribution in [2.45, 2.75) is 11.8 Å². The molecule has 0 saturated heterocycles. The van der Waals surface area contributed by atoms with Crippen LogP contribution in [0.5, 0.6) is 17.2 Å². The molecule has 10 heteroatoms. The number of carboxylic acids is 1. The van der Waals surface area contributed by atoms with Crippen LogP contribution in [0.1, 0.15) is 11.1 Å². The van der Waals surface area contributed by atoms with Gasteiger partial charge in [0.1, 0.15) is 17.3 Å². The molecule has 0 saturated carbocycles. The summed E-state index contributed by atoms with van der Waals surface area (Å²) in [7, 11) is 3.03. The lowest BCUT2D eigenvalue weighted by Gasteiger charge is -2.11. The summed E-state index contributed by atoms with van der Waals surface area (Å²) in [5.74, 6) is 0.518. The molecule has 0 aliphatic heterocycles. The number of rotatable bonds is 10. The number of nitrogens with zero attached hydrogens (tertiary/aromatic N) is 2. The van der Waals surface area contributed by atoms with E-state index in [2.05, 4.69) is 10.2 Å². The van der Waals surface area contributed by atoms with E-state index in [4.69, 9.17) is 30.2 Å². The number of hydrogen-bond acceptors (Lipinski definition) is 8. The second-order valence-electron chi connectivity index (χ2n) is 7.32. The number of ether oxygens (including phenoxy) is 3. The van der Waals surface area contributed by atoms with E-state index < -0.39 is 5.97 Å². The number of carboxylic acid groups (broad SMARTS) is 1. The van der Waals surface area contributed by atoms with Gasteiger partial charge in [-0.1, -0.05) is 48.0 Å². The standard InChI is InChI=1S/C26H21ClN2O6S/c1-32-20-11-9-18(27)14-19(20)24-28-29-26(35-24)36-23(25(30)31)13-17-8-10-21(22(12-17)33-2)34-15-16-6-4-3-5-7-16/h3-14H,15H2,1-2H3,(H,30,31)/b23-13-. The van der Waals surface area contributed by atoms with E-state index in [0.717, 1.165) is 17.3 Å². The first-order valence-corrected chi connectivity index (χ1v) is 11.8. The highest BCUT2D eigenvalue weighted by atomic mass is 35.5. The maximum absolute atomic E-state index is 11.9. The molecule has 0 atom stereocenters. The van der Waals surface area contributed by atoms with Gasteiger partial charge in [0.2, 0.25) is 0 Å². The fourth-order valence-corrected chi connectivity index (χ4v) is 4.06. The monoisotopic (exact) mass is 524 g/mol. The first kappa shape index (κ1) is 25.2. The molecule has 0 aliphatic carbocycles. The molecule has 36 heavy (non-hydrogen) atoms. The van der Waals surface area contributed by atoms with E-state index in [1.54, 1.807) is 36.4 Å². The Morgan fingerprint density at radius 1 is 1.00 bits per heavy atom. The number of carbonyl (C=O) groups is 1. The van der Waals surface area contributed by atoms with Crippen molar-refractivity contribution in [3.05, 3.63) is 87.8 Å².